The topological polar surface area (TPSA) is 110 Å². The van der Waals surface area contributed by atoms with Gasteiger partial charge in [-0.3, -0.25) is 9.78 Å². The van der Waals surface area contributed by atoms with E-state index in [4.69, 9.17) is 14.4 Å². The highest BCUT2D eigenvalue weighted by Crippen LogP contribution is 2.36. The second kappa shape index (κ2) is 7.41. The van der Waals surface area contributed by atoms with Crippen molar-refractivity contribution in [2.45, 2.75) is 38.9 Å². The third-order valence-electron chi connectivity index (χ3n) is 5.18. The highest BCUT2D eigenvalue weighted by molar-refractivity contribution is 6.62. The van der Waals surface area contributed by atoms with Crippen molar-refractivity contribution in [3.05, 3.63) is 36.0 Å². The maximum Gasteiger partial charge on any atom is 0.494 e. The summed E-state index contributed by atoms with van der Waals surface area (Å²) in [5, 5.41) is 14.2. The van der Waals surface area contributed by atoms with Crippen LogP contribution in [-0.2, 0) is 9.31 Å². The van der Waals surface area contributed by atoms with Crippen LogP contribution in [0, 0.1) is 0 Å². The van der Waals surface area contributed by atoms with E-state index in [0.29, 0.717) is 5.56 Å². The van der Waals surface area contributed by atoms with Crippen LogP contribution >= 0.6 is 0 Å². The molecule has 0 aliphatic carbocycles. The van der Waals surface area contributed by atoms with Gasteiger partial charge >= 0.3 is 13.2 Å². The second-order valence-corrected chi connectivity index (χ2v) is 7.75. The zero-order chi connectivity index (χ0) is 20.5. The van der Waals surface area contributed by atoms with E-state index in [1.54, 1.807) is 6.07 Å². The van der Waals surface area contributed by atoms with Gasteiger partial charge in [0.05, 0.1) is 22.3 Å². The van der Waals surface area contributed by atoms with Crippen LogP contribution in [0.3, 0.4) is 0 Å². The van der Waals surface area contributed by atoms with E-state index in [2.05, 4.69) is 15.6 Å². The lowest BCUT2D eigenvalue weighted by atomic mass is 9.78. The number of hydrogen-bond acceptors (Lipinski definition) is 5. The molecule has 2 heterocycles. The summed E-state index contributed by atoms with van der Waals surface area (Å²) in [7, 11) is -0.492. The summed E-state index contributed by atoms with van der Waals surface area (Å²) in [6.07, 6.45) is 0.369. The number of carboxylic acid groups (broad SMARTS) is 1. The Morgan fingerprint density at radius 3 is 2.36 bits per heavy atom. The maximum absolute atomic E-state index is 12.3. The molecule has 0 radical (unpaired) electrons. The minimum absolute atomic E-state index is 0.133. The molecule has 28 heavy (non-hydrogen) atoms. The molecule has 0 atom stereocenters. The van der Waals surface area contributed by atoms with E-state index >= 15 is 0 Å². The highest BCUT2D eigenvalue weighted by Gasteiger charge is 2.51. The number of aromatic nitrogens is 1. The summed E-state index contributed by atoms with van der Waals surface area (Å²) in [6, 6.07) is 7.44. The largest absolute Gasteiger partial charge is 0.494 e. The van der Waals surface area contributed by atoms with E-state index in [-0.39, 0.29) is 19.0 Å². The maximum atomic E-state index is 12.3. The highest BCUT2D eigenvalue weighted by atomic mass is 16.7. The number of amides is 2. The monoisotopic (exact) mass is 385 g/mol. The van der Waals surface area contributed by atoms with Crippen LogP contribution in [0.1, 0.15) is 38.1 Å². The molecule has 3 N–H and O–H groups in total. The summed E-state index contributed by atoms with van der Waals surface area (Å²) in [6.45, 7) is 8.31. The Labute approximate surface area is 163 Å². The van der Waals surface area contributed by atoms with Crippen molar-refractivity contribution in [3.63, 3.8) is 0 Å². The van der Waals surface area contributed by atoms with Crippen LogP contribution in [0.15, 0.2) is 30.5 Å². The fourth-order valence-electron chi connectivity index (χ4n) is 2.85. The Morgan fingerprint density at radius 1 is 1.07 bits per heavy atom. The number of carbonyl (C=O) groups excluding carboxylic acids is 1. The first-order chi connectivity index (χ1) is 13.1. The zero-order valence-electron chi connectivity index (χ0n) is 16.4. The Morgan fingerprint density at radius 2 is 1.71 bits per heavy atom. The average Bonchev–Trinajstić information content (AvgIpc) is 2.85. The van der Waals surface area contributed by atoms with E-state index in [1.165, 1.54) is 6.20 Å². The molecule has 148 valence electrons. The van der Waals surface area contributed by atoms with Crippen LogP contribution in [0.25, 0.3) is 10.9 Å². The molecule has 1 aromatic carbocycles. The number of benzene rings is 1. The van der Waals surface area contributed by atoms with Crippen molar-refractivity contribution in [2.24, 2.45) is 0 Å². The molecule has 1 aromatic heterocycles. The van der Waals surface area contributed by atoms with Gasteiger partial charge in [-0.05, 0) is 45.3 Å². The number of carbonyl (C=O) groups is 2. The molecule has 0 bridgehead atoms. The fraction of sp³-hybridized carbons (Fsp3) is 0.421. The van der Waals surface area contributed by atoms with Gasteiger partial charge in [-0.1, -0.05) is 12.1 Å². The molecule has 1 saturated heterocycles. The molecular formula is C19H24BN3O5. The van der Waals surface area contributed by atoms with Gasteiger partial charge in [-0.15, -0.1) is 0 Å². The van der Waals surface area contributed by atoms with Gasteiger partial charge in [0.2, 0.25) is 0 Å². The van der Waals surface area contributed by atoms with Crippen molar-refractivity contribution in [2.75, 3.05) is 13.1 Å². The van der Waals surface area contributed by atoms with Gasteiger partial charge in [-0.2, -0.15) is 0 Å². The van der Waals surface area contributed by atoms with Crippen molar-refractivity contribution in [1.29, 1.82) is 0 Å². The molecular weight excluding hydrogens is 361 g/mol. The van der Waals surface area contributed by atoms with E-state index < -0.39 is 24.4 Å². The second-order valence-electron chi connectivity index (χ2n) is 7.75. The molecule has 9 heteroatoms. The molecule has 1 fully saturated rings. The molecule has 3 rings (SSSR count). The molecule has 0 saturated carbocycles. The fourth-order valence-corrected chi connectivity index (χ4v) is 2.85. The van der Waals surface area contributed by atoms with Crippen LogP contribution in [0.4, 0.5) is 4.79 Å². The van der Waals surface area contributed by atoms with Crippen molar-refractivity contribution < 1.29 is 24.0 Å². The number of nitrogens with zero attached hydrogens (tertiary/aromatic N) is 1. The van der Waals surface area contributed by atoms with E-state index in [9.17, 15) is 9.59 Å². The Balaban J connectivity index is 1.77. The first-order valence-electron chi connectivity index (χ1n) is 9.09. The van der Waals surface area contributed by atoms with Gasteiger partial charge in [0.25, 0.3) is 5.91 Å². The van der Waals surface area contributed by atoms with E-state index in [0.717, 1.165) is 16.4 Å². The van der Waals surface area contributed by atoms with Crippen LogP contribution < -0.4 is 16.1 Å². The molecule has 2 amide bonds. The van der Waals surface area contributed by atoms with Gasteiger partial charge in [0, 0.05) is 24.7 Å². The molecule has 2 aromatic rings. The minimum atomic E-state index is -1.13. The first kappa shape index (κ1) is 20.1. The quantitative estimate of drug-likeness (QED) is 0.532. The van der Waals surface area contributed by atoms with Gasteiger partial charge < -0.3 is 25.0 Å². The van der Waals surface area contributed by atoms with Crippen LogP contribution in [-0.4, -0.2) is 53.5 Å². The summed E-state index contributed by atoms with van der Waals surface area (Å²) < 4.78 is 12.2. The molecule has 0 unspecified atom stereocenters. The van der Waals surface area contributed by atoms with Crippen molar-refractivity contribution >= 4 is 35.5 Å². The predicted octanol–water partition coefficient (Wildman–Crippen LogP) is 1.53. The van der Waals surface area contributed by atoms with Crippen LogP contribution in [0.5, 0.6) is 0 Å². The zero-order valence-corrected chi connectivity index (χ0v) is 16.4. The predicted molar refractivity (Wildman–Crippen MR) is 106 cm³/mol. The summed E-state index contributed by atoms with van der Waals surface area (Å²) in [5.74, 6) is -0.317. The molecule has 0 spiro atoms. The normalized spacial score (nSPS) is 17.5. The van der Waals surface area contributed by atoms with Crippen molar-refractivity contribution in [3.8, 4) is 0 Å². The Kier molecular flexibility index (Phi) is 5.32. The average molecular weight is 385 g/mol. The number of nitrogens with one attached hydrogen (secondary N) is 2. The standard InChI is InChI=1S/C19H24BN3O5/c1-18(2)19(3,4)28-20(27-18)14-5-6-15-12(10-14)9-13(11-23-15)16(24)21-7-8-22-17(25)26/h5-6,9-11,22H,7-8H2,1-4H3,(H,21,24)(H,25,26). The number of rotatable bonds is 5. The number of hydrogen-bond donors (Lipinski definition) is 3. The SMILES string of the molecule is CC1(C)OB(c2ccc3ncc(C(=O)NCCNC(=O)O)cc3c2)OC1(C)C. The van der Waals surface area contributed by atoms with Crippen LogP contribution in [0.2, 0.25) is 0 Å². The lowest BCUT2D eigenvalue weighted by Gasteiger charge is -2.32. The Hall–Kier alpha value is -2.65. The first-order valence-corrected chi connectivity index (χ1v) is 9.09. The van der Waals surface area contributed by atoms with E-state index in [1.807, 2.05) is 45.9 Å². The summed E-state index contributed by atoms with van der Waals surface area (Å²) in [5.41, 5.74) is 1.14. The lowest BCUT2D eigenvalue weighted by molar-refractivity contribution is 0.00578. The molecule has 8 nitrogen and oxygen atoms in total. The Bertz CT molecular complexity index is 900. The van der Waals surface area contributed by atoms with Gasteiger partial charge in [0.1, 0.15) is 0 Å². The molecule has 1 aliphatic heterocycles. The summed E-state index contributed by atoms with van der Waals surface area (Å²) in [4.78, 5) is 27.0. The third-order valence-corrected chi connectivity index (χ3v) is 5.18. The van der Waals surface area contributed by atoms with Gasteiger partial charge in [-0.25, -0.2) is 4.79 Å². The van der Waals surface area contributed by atoms with Crippen molar-refractivity contribution in [1.82, 2.24) is 15.6 Å². The smallest absolute Gasteiger partial charge is 0.465 e. The third kappa shape index (κ3) is 4.10. The summed E-state index contributed by atoms with van der Waals surface area (Å²) >= 11 is 0. The minimum Gasteiger partial charge on any atom is -0.465 e. The van der Waals surface area contributed by atoms with Gasteiger partial charge in [0.15, 0.2) is 0 Å². The lowest BCUT2D eigenvalue weighted by Crippen LogP contribution is -2.41. The number of pyridine rings is 1. The molecule has 1 aliphatic rings. The number of fused-ring (bicyclic) bond motifs is 1.